The molecule has 2 aromatic rings. The van der Waals surface area contributed by atoms with Crippen LogP contribution >= 0.6 is 11.3 Å². The predicted molar refractivity (Wildman–Crippen MR) is 67.5 cm³/mol. The van der Waals surface area contributed by atoms with Gasteiger partial charge >= 0.3 is 0 Å². The molecule has 0 fully saturated rings. The molecule has 0 bridgehead atoms. The van der Waals surface area contributed by atoms with Crippen molar-refractivity contribution >= 4 is 11.3 Å². The molecule has 0 aliphatic carbocycles. The Balaban J connectivity index is 1.97. The first-order valence-electron chi connectivity index (χ1n) is 5.42. The van der Waals surface area contributed by atoms with E-state index in [4.69, 9.17) is 0 Å². The number of rotatable bonds is 4. The third-order valence-electron chi connectivity index (χ3n) is 2.81. The summed E-state index contributed by atoms with van der Waals surface area (Å²) in [5.74, 6) is 0. The zero-order valence-electron chi connectivity index (χ0n) is 9.90. The summed E-state index contributed by atoms with van der Waals surface area (Å²) in [6.45, 7) is 5.22. The molecule has 0 aliphatic rings. The molecule has 0 amide bonds. The van der Waals surface area contributed by atoms with E-state index in [1.165, 1.54) is 16.1 Å². The highest BCUT2D eigenvalue weighted by Crippen LogP contribution is 2.23. The first kappa shape index (κ1) is 11.4. The van der Waals surface area contributed by atoms with Crippen molar-refractivity contribution in [3.8, 4) is 0 Å². The maximum Gasteiger partial charge on any atom is 0.0518 e. The van der Waals surface area contributed by atoms with E-state index < -0.39 is 0 Å². The highest BCUT2D eigenvalue weighted by molar-refractivity contribution is 7.10. The number of thiophene rings is 1. The van der Waals surface area contributed by atoms with Crippen LogP contribution in [0.15, 0.2) is 23.7 Å². The van der Waals surface area contributed by atoms with Crippen molar-refractivity contribution in [2.45, 2.75) is 26.4 Å². The zero-order valence-corrected chi connectivity index (χ0v) is 10.7. The van der Waals surface area contributed by atoms with Crippen molar-refractivity contribution in [2.24, 2.45) is 7.05 Å². The molecule has 2 rings (SSSR count). The number of nitrogens with zero attached hydrogens (tertiary/aromatic N) is 2. The van der Waals surface area contributed by atoms with Crippen LogP contribution in [-0.2, 0) is 13.6 Å². The second-order valence-electron chi connectivity index (χ2n) is 4.02. The minimum absolute atomic E-state index is 0.398. The van der Waals surface area contributed by atoms with Crippen LogP contribution in [0.2, 0.25) is 0 Å². The van der Waals surface area contributed by atoms with Gasteiger partial charge in [-0.3, -0.25) is 4.68 Å². The summed E-state index contributed by atoms with van der Waals surface area (Å²) in [6, 6.07) is 4.61. The lowest BCUT2D eigenvalue weighted by atomic mass is 10.2. The van der Waals surface area contributed by atoms with Gasteiger partial charge in [-0.15, -0.1) is 11.3 Å². The molecule has 0 saturated heterocycles. The molecule has 0 saturated carbocycles. The van der Waals surface area contributed by atoms with Crippen LogP contribution in [-0.4, -0.2) is 9.78 Å². The first-order valence-corrected chi connectivity index (χ1v) is 6.30. The van der Waals surface area contributed by atoms with Gasteiger partial charge in [0, 0.05) is 30.7 Å². The Hall–Kier alpha value is -1.13. The SMILES string of the molecule is Cc1ccsc1C(C)NCc1ccnn1C. The lowest BCUT2D eigenvalue weighted by Crippen LogP contribution is -2.19. The average Bonchev–Trinajstić information content (AvgIpc) is 2.84. The molecule has 0 spiro atoms. The van der Waals surface area contributed by atoms with Crippen LogP contribution in [0.1, 0.15) is 29.1 Å². The summed E-state index contributed by atoms with van der Waals surface area (Å²) in [5.41, 5.74) is 2.58. The minimum Gasteiger partial charge on any atom is -0.304 e. The Bertz CT molecular complexity index is 458. The van der Waals surface area contributed by atoms with Gasteiger partial charge in [-0.25, -0.2) is 0 Å². The van der Waals surface area contributed by atoms with E-state index in [1.54, 1.807) is 0 Å². The Kier molecular flexibility index (Phi) is 3.41. The molecule has 2 aromatic heterocycles. The van der Waals surface area contributed by atoms with Gasteiger partial charge in [0.05, 0.1) is 5.69 Å². The zero-order chi connectivity index (χ0) is 11.5. The number of nitrogens with one attached hydrogen (secondary N) is 1. The smallest absolute Gasteiger partial charge is 0.0518 e. The van der Waals surface area contributed by atoms with E-state index in [0.717, 1.165) is 6.54 Å². The van der Waals surface area contributed by atoms with Crippen molar-refractivity contribution in [1.29, 1.82) is 0 Å². The van der Waals surface area contributed by atoms with Gasteiger partial charge in [0.15, 0.2) is 0 Å². The number of aromatic nitrogens is 2. The third kappa shape index (κ3) is 2.33. The van der Waals surface area contributed by atoms with E-state index in [2.05, 4.69) is 35.7 Å². The Labute approximate surface area is 100 Å². The third-order valence-corrected chi connectivity index (χ3v) is 4.01. The maximum atomic E-state index is 4.15. The van der Waals surface area contributed by atoms with Gasteiger partial charge in [-0.1, -0.05) is 0 Å². The summed E-state index contributed by atoms with van der Waals surface area (Å²) in [4.78, 5) is 1.42. The molecule has 2 heterocycles. The molecule has 0 aliphatic heterocycles. The van der Waals surface area contributed by atoms with E-state index >= 15 is 0 Å². The molecule has 4 heteroatoms. The van der Waals surface area contributed by atoms with Crippen LogP contribution in [0, 0.1) is 6.92 Å². The normalized spacial score (nSPS) is 12.9. The standard InChI is InChI=1S/C12H17N3S/c1-9-5-7-16-12(9)10(2)13-8-11-4-6-14-15(11)3/h4-7,10,13H,8H2,1-3H3. The molecule has 86 valence electrons. The summed E-state index contributed by atoms with van der Waals surface area (Å²) < 4.78 is 1.90. The van der Waals surface area contributed by atoms with Crippen LogP contribution < -0.4 is 5.32 Å². The van der Waals surface area contributed by atoms with Crippen LogP contribution in [0.3, 0.4) is 0 Å². The lowest BCUT2D eigenvalue weighted by molar-refractivity contribution is 0.553. The number of hydrogen-bond donors (Lipinski definition) is 1. The van der Waals surface area contributed by atoms with Crippen molar-refractivity contribution in [3.63, 3.8) is 0 Å². The predicted octanol–water partition coefficient (Wildman–Crippen LogP) is 2.64. The quantitative estimate of drug-likeness (QED) is 0.883. The fourth-order valence-electron chi connectivity index (χ4n) is 1.75. The van der Waals surface area contributed by atoms with Crippen molar-refractivity contribution < 1.29 is 0 Å². The molecule has 3 nitrogen and oxygen atoms in total. The van der Waals surface area contributed by atoms with Crippen LogP contribution in [0.25, 0.3) is 0 Å². The van der Waals surface area contributed by atoms with E-state index in [1.807, 2.05) is 35.3 Å². The summed E-state index contributed by atoms with van der Waals surface area (Å²) >= 11 is 1.81. The second kappa shape index (κ2) is 4.80. The topological polar surface area (TPSA) is 29.9 Å². The number of hydrogen-bond acceptors (Lipinski definition) is 3. The van der Waals surface area contributed by atoms with Gasteiger partial charge in [0.2, 0.25) is 0 Å². The van der Waals surface area contributed by atoms with E-state index in [0.29, 0.717) is 6.04 Å². The van der Waals surface area contributed by atoms with Gasteiger partial charge in [0.1, 0.15) is 0 Å². The van der Waals surface area contributed by atoms with Crippen molar-refractivity contribution in [1.82, 2.24) is 15.1 Å². The fraction of sp³-hybridized carbons (Fsp3) is 0.417. The Morgan fingerprint density at radius 2 is 2.31 bits per heavy atom. The molecule has 0 aromatic carbocycles. The van der Waals surface area contributed by atoms with Gasteiger partial charge < -0.3 is 5.32 Å². The molecular formula is C12H17N3S. The fourth-order valence-corrected chi connectivity index (χ4v) is 2.71. The molecule has 1 unspecified atom stereocenters. The largest absolute Gasteiger partial charge is 0.304 e. The Morgan fingerprint density at radius 1 is 1.50 bits per heavy atom. The van der Waals surface area contributed by atoms with E-state index in [9.17, 15) is 0 Å². The summed E-state index contributed by atoms with van der Waals surface area (Å²) in [5, 5.41) is 9.82. The first-order chi connectivity index (χ1) is 7.68. The van der Waals surface area contributed by atoms with E-state index in [-0.39, 0.29) is 0 Å². The minimum atomic E-state index is 0.398. The molecular weight excluding hydrogens is 218 g/mol. The summed E-state index contributed by atoms with van der Waals surface area (Å²) in [6.07, 6.45) is 1.83. The molecule has 1 N–H and O–H groups in total. The monoisotopic (exact) mass is 235 g/mol. The van der Waals surface area contributed by atoms with Gasteiger partial charge in [-0.05, 0) is 36.9 Å². The summed E-state index contributed by atoms with van der Waals surface area (Å²) in [7, 11) is 1.97. The highest BCUT2D eigenvalue weighted by Gasteiger charge is 2.09. The highest BCUT2D eigenvalue weighted by atomic mass is 32.1. The van der Waals surface area contributed by atoms with Crippen molar-refractivity contribution in [3.05, 3.63) is 39.8 Å². The van der Waals surface area contributed by atoms with Gasteiger partial charge in [0.25, 0.3) is 0 Å². The number of aryl methyl sites for hydroxylation is 2. The second-order valence-corrected chi connectivity index (χ2v) is 4.96. The lowest BCUT2D eigenvalue weighted by Gasteiger charge is -2.13. The maximum absolute atomic E-state index is 4.15. The Morgan fingerprint density at radius 3 is 2.88 bits per heavy atom. The molecule has 1 atom stereocenters. The van der Waals surface area contributed by atoms with Crippen LogP contribution in [0.5, 0.6) is 0 Å². The average molecular weight is 235 g/mol. The van der Waals surface area contributed by atoms with Crippen molar-refractivity contribution in [2.75, 3.05) is 0 Å². The molecule has 0 radical (unpaired) electrons. The molecule has 16 heavy (non-hydrogen) atoms. The van der Waals surface area contributed by atoms with Crippen LogP contribution in [0.4, 0.5) is 0 Å². The van der Waals surface area contributed by atoms with Gasteiger partial charge in [-0.2, -0.15) is 5.10 Å².